The molecule has 8 heteroatoms. The minimum absolute atomic E-state index is 0.213. The lowest BCUT2D eigenvalue weighted by molar-refractivity contribution is 0.0996. The molecule has 0 saturated carbocycles. The summed E-state index contributed by atoms with van der Waals surface area (Å²) in [4.78, 5) is 12.1. The fourth-order valence-corrected chi connectivity index (χ4v) is 2.21. The lowest BCUT2D eigenvalue weighted by Gasteiger charge is -2.12. The van der Waals surface area contributed by atoms with Gasteiger partial charge in [0, 0.05) is 11.4 Å². The van der Waals surface area contributed by atoms with E-state index in [1.165, 1.54) is 6.26 Å². The highest BCUT2D eigenvalue weighted by molar-refractivity contribution is 6.31. The van der Waals surface area contributed by atoms with E-state index < -0.39 is 0 Å². The SMILES string of the molecule is CCc1nnc(CNc2ccc(Cl)cc2NC(=O)c2ccco2)o1. The number of carbonyl (C=O) groups excluding carboxylic acids is 1. The Hall–Kier alpha value is -2.80. The second-order valence-corrected chi connectivity index (χ2v) is 5.35. The summed E-state index contributed by atoms with van der Waals surface area (Å²) in [5.41, 5.74) is 1.20. The van der Waals surface area contributed by atoms with Crippen LogP contribution in [0.5, 0.6) is 0 Å². The van der Waals surface area contributed by atoms with Crippen LogP contribution in [0, 0.1) is 0 Å². The third-order valence-electron chi connectivity index (χ3n) is 3.22. The smallest absolute Gasteiger partial charge is 0.291 e. The summed E-state index contributed by atoms with van der Waals surface area (Å²) < 4.78 is 10.5. The Morgan fingerprint density at radius 2 is 2.04 bits per heavy atom. The topological polar surface area (TPSA) is 93.2 Å². The van der Waals surface area contributed by atoms with Crippen LogP contribution in [0.15, 0.2) is 45.4 Å². The maximum atomic E-state index is 12.1. The van der Waals surface area contributed by atoms with E-state index in [2.05, 4.69) is 20.8 Å². The maximum absolute atomic E-state index is 12.1. The van der Waals surface area contributed by atoms with Crippen LogP contribution < -0.4 is 10.6 Å². The third kappa shape index (κ3) is 3.75. The van der Waals surface area contributed by atoms with Gasteiger partial charge in [-0.05, 0) is 30.3 Å². The number of hydrogen-bond donors (Lipinski definition) is 2. The predicted molar refractivity (Wildman–Crippen MR) is 89.1 cm³/mol. The van der Waals surface area contributed by atoms with Crippen LogP contribution in [0.3, 0.4) is 0 Å². The number of aromatic nitrogens is 2. The Morgan fingerprint density at radius 3 is 2.75 bits per heavy atom. The van der Waals surface area contributed by atoms with E-state index >= 15 is 0 Å². The normalized spacial score (nSPS) is 10.6. The molecule has 0 bridgehead atoms. The summed E-state index contributed by atoms with van der Waals surface area (Å²) in [5, 5.41) is 14.3. The fraction of sp³-hybridized carbons (Fsp3) is 0.188. The third-order valence-corrected chi connectivity index (χ3v) is 3.45. The monoisotopic (exact) mass is 346 g/mol. The molecular formula is C16H15ClN4O3. The zero-order chi connectivity index (χ0) is 16.9. The molecule has 1 amide bonds. The molecule has 0 saturated heterocycles. The molecule has 0 aliphatic heterocycles. The molecule has 0 aliphatic carbocycles. The van der Waals surface area contributed by atoms with Crippen molar-refractivity contribution in [3.8, 4) is 0 Å². The summed E-state index contributed by atoms with van der Waals surface area (Å²) >= 11 is 6.02. The van der Waals surface area contributed by atoms with Crippen LogP contribution in [0.25, 0.3) is 0 Å². The zero-order valence-electron chi connectivity index (χ0n) is 12.9. The highest BCUT2D eigenvalue weighted by atomic mass is 35.5. The first-order valence-electron chi connectivity index (χ1n) is 7.35. The summed E-state index contributed by atoms with van der Waals surface area (Å²) in [6.45, 7) is 2.27. The maximum Gasteiger partial charge on any atom is 0.291 e. The molecule has 1 aromatic carbocycles. The lowest BCUT2D eigenvalue weighted by Crippen LogP contribution is -2.13. The molecule has 0 radical (unpaired) electrons. The summed E-state index contributed by atoms with van der Waals surface area (Å²) in [7, 11) is 0. The number of anilines is 2. The molecule has 124 valence electrons. The van der Waals surface area contributed by atoms with Crippen molar-refractivity contribution in [3.63, 3.8) is 0 Å². The Morgan fingerprint density at radius 1 is 1.21 bits per heavy atom. The lowest BCUT2D eigenvalue weighted by atomic mass is 10.2. The second kappa shape index (κ2) is 7.18. The number of furan rings is 1. The fourth-order valence-electron chi connectivity index (χ4n) is 2.04. The van der Waals surface area contributed by atoms with E-state index in [0.717, 1.165) is 0 Å². The van der Waals surface area contributed by atoms with Crippen LogP contribution in [-0.2, 0) is 13.0 Å². The van der Waals surface area contributed by atoms with Crippen LogP contribution in [0.2, 0.25) is 5.02 Å². The highest BCUT2D eigenvalue weighted by Crippen LogP contribution is 2.27. The van der Waals surface area contributed by atoms with Gasteiger partial charge in [-0.25, -0.2) is 0 Å². The number of rotatable bonds is 6. The van der Waals surface area contributed by atoms with E-state index in [0.29, 0.717) is 41.1 Å². The van der Waals surface area contributed by atoms with Gasteiger partial charge in [-0.3, -0.25) is 4.79 Å². The van der Waals surface area contributed by atoms with Crippen molar-refractivity contribution < 1.29 is 13.6 Å². The quantitative estimate of drug-likeness (QED) is 0.706. The van der Waals surface area contributed by atoms with Crippen molar-refractivity contribution in [2.75, 3.05) is 10.6 Å². The van der Waals surface area contributed by atoms with E-state index in [1.807, 2.05) is 6.92 Å². The van der Waals surface area contributed by atoms with Crippen LogP contribution in [-0.4, -0.2) is 16.1 Å². The first kappa shape index (κ1) is 16.1. The number of halogens is 1. The number of carbonyl (C=O) groups is 1. The first-order valence-corrected chi connectivity index (χ1v) is 7.73. The van der Waals surface area contributed by atoms with Crippen molar-refractivity contribution in [2.24, 2.45) is 0 Å². The largest absolute Gasteiger partial charge is 0.459 e. The Bertz CT molecular complexity index is 830. The second-order valence-electron chi connectivity index (χ2n) is 4.92. The van der Waals surface area contributed by atoms with Gasteiger partial charge in [-0.15, -0.1) is 10.2 Å². The summed E-state index contributed by atoms with van der Waals surface area (Å²) in [6.07, 6.45) is 2.12. The van der Waals surface area contributed by atoms with E-state index in [9.17, 15) is 4.79 Å². The summed E-state index contributed by atoms with van der Waals surface area (Å²) in [5.74, 6) is 0.890. The molecule has 2 N–H and O–H groups in total. The Balaban J connectivity index is 1.74. The highest BCUT2D eigenvalue weighted by Gasteiger charge is 2.13. The molecule has 0 aliphatic rings. The average Bonchev–Trinajstić information content (AvgIpc) is 3.26. The molecule has 0 spiro atoms. The number of nitrogens with one attached hydrogen (secondary N) is 2. The summed E-state index contributed by atoms with van der Waals surface area (Å²) in [6, 6.07) is 8.36. The first-order chi connectivity index (χ1) is 11.7. The molecule has 0 fully saturated rings. The zero-order valence-corrected chi connectivity index (χ0v) is 13.6. The number of benzene rings is 1. The Kier molecular flexibility index (Phi) is 4.81. The number of aryl methyl sites for hydroxylation is 1. The van der Waals surface area contributed by atoms with Gasteiger partial charge in [-0.2, -0.15) is 0 Å². The molecule has 0 unspecified atom stereocenters. The van der Waals surface area contributed by atoms with Crippen molar-refractivity contribution in [1.82, 2.24) is 10.2 Å². The van der Waals surface area contributed by atoms with Crippen molar-refractivity contribution >= 4 is 28.9 Å². The molecule has 3 aromatic rings. The van der Waals surface area contributed by atoms with Crippen molar-refractivity contribution in [2.45, 2.75) is 19.9 Å². The van der Waals surface area contributed by atoms with Crippen molar-refractivity contribution in [3.05, 3.63) is 59.2 Å². The standard InChI is InChI=1S/C16H15ClN4O3/c1-2-14-20-21-15(24-14)9-18-11-6-5-10(17)8-12(11)19-16(22)13-4-3-7-23-13/h3-8,18H,2,9H2,1H3,(H,19,22). The minimum Gasteiger partial charge on any atom is -0.459 e. The Labute approximate surface area is 143 Å². The van der Waals surface area contributed by atoms with Gasteiger partial charge in [0.1, 0.15) is 0 Å². The van der Waals surface area contributed by atoms with Gasteiger partial charge >= 0.3 is 0 Å². The van der Waals surface area contributed by atoms with E-state index in [1.54, 1.807) is 30.3 Å². The molecule has 2 aromatic heterocycles. The van der Waals surface area contributed by atoms with Gasteiger partial charge in [0.25, 0.3) is 5.91 Å². The number of nitrogens with zero attached hydrogens (tertiary/aromatic N) is 2. The van der Waals surface area contributed by atoms with Crippen LogP contribution in [0.1, 0.15) is 29.3 Å². The molecular weight excluding hydrogens is 332 g/mol. The molecule has 3 rings (SSSR count). The van der Waals surface area contributed by atoms with E-state index in [4.69, 9.17) is 20.4 Å². The van der Waals surface area contributed by atoms with Crippen LogP contribution >= 0.6 is 11.6 Å². The number of hydrogen-bond acceptors (Lipinski definition) is 6. The van der Waals surface area contributed by atoms with Gasteiger partial charge in [-0.1, -0.05) is 18.5 Å². The average molecular weight is 347 g/mol. The van der Waals surface area contributed by atoms with Crippen molar-refractivity contribution in [1.29, 1.82) is 0 Å². The van der Waals surface area contributed by atoms with Gasteiger partial charge in [0.2, 0.25) is 11.8 Å². The molecule has 0 atom stereocenters. The number of amides is 1. The van der Waals surface area contributed by atoms with Gasteiger partial charge in [0.05, 0.1) is 24.2 Å². The molecule has 7 nitrogen and oxygen atoms in total. The van der Waals surface area contributed by atoms with Crippen LogP contribution in [0.4, 0.5) is 11.4 Å². The molecule has 24 heavy (non-hydrogen) atoms. The van der Waals surface area contributed by atoms with E-state index in [-0.39, 0.29) is 11.7 Å². The predicted octanol–water partition coefficient (Wildman–Crippen LogP) is 3.74. The molecule has 2 heterocycles. The minimum atomic E-state index is -0.364. The van der Waals surface area contributed by atoms with Gasteiger partial charge in [0.15, 0.2) is 5.76 Å². The van der Waals surface area contributed by atoms with Gasteiger partial charge < -0.3 is 19.5 Å².